The predicted octanol–water partition coefficient (Wildman–Crippen LogP) is 0.653. The number of hydrogen-bond donors (Lipinski definition) is 3. The first-order valence-corrected chi connectivity index (χ1v) is 6.68. The highest BCUT2D eigenvalue weighted by Gasteiger charge is 2.36. The number of hydrogen-bond acceptors (Lipinski definition) is 3. The topological polar surface area (TPSA) is 98.7 Å². The summed E-state index contributed by atoms with van der Waals surface area (Å²) in [6.45, 7) is 9.10. The summed E-state index contributed by atoms with van der Waals surface area (Å²) < 4.78 is 0. The number of urea groups is 1. The van der Waals surface area contributed by atoms with Gasteiger partial charge >= 0.3 is 12.0 Å². The molecule has 0 aromatic rings. The first kappa shape index (κ1) is 18.2. The Labute approximate surface area is 119 Å². The summed E-state index contributed by atoms with van der Waals surface area (Å²) in [5.41, 5.74) is -1.33. The second-order valence-electron chi connectivity index (χ2n) is 5.47. The molecule has 116 valence electrons. The Kier molecular flexibility index (Phi) is 7.02. The average Bonchev–Trinajstić information content (AvgIpc) is 2.34. The molecule has 0 aromatic heterocycles. The number of likely N-dealkylation sites (N-methyl/N-ethyl adjacent to an activating group) is 1. The molecule has 0 rings (SSSR count). The second-order valence-corrected chi connectivity index (χ2v) is 5.47. The lowest BCUT2D eigenvalue weighted by Gasteiger charge is -2.34. The lowest BCUT2D eigenvalue weighted by molar-refractivity contribution is -0.147. The van der Waals surface area contributed by atoms with Crippen LogP contribution in [0.5, 0.6) is 0 Å². The Morgan fingerprint density at radius 2 is 1.75 bits per heavy atom. The molecule has 0 aliphatic carbocycles. The van der Waals surface area contributed by atoms with E-state index in [1.54, 1.807) is 6.92 Å². The van der Waals surface area contributed by atoms with E-state index in [1.165, 1.54) is 18.7 Å². The van der Waals surface area contributed by atoms with Gasteiger partial charge < -0.3 is 20.6 Å². The fourth-order valence-electron chi connectivity index (χ4n) is 1.54. The molecular weight excluding hydrogens is 262 g/mol. The number of carboxylic acid groups (broad SMARTS) is 1. The zero-order chi connectivity index (χ0) is 15.9. The number of carboxylic acids is 1. The van der Waals surface area contributed by atoms with Crippen molar-refractivity contribution in [2.24, 2.45) is 5.92 Å². The third kappa shape index (κ3) is 5.46. The summed E-state index contributed by atoms with van der Waals surface area (Å²) in [5.74, 6) is -1.07. The van der Waals surface area contributed by atoms with Crippen LogP contribution >= 0.6 is 0 Å². The van der Waals surface area contributed by atoms with Gasteiger partial charge in [-0.05, 0) is 26.7 Å². The van der Waals surface area contributed by atoms with Gasteiger partial charge in [0, 0.05) is 13.1 Å². The molecule has 3 N–H and O–H groups in total. The van der Waals surface area contributed by atoms with Crippen LogP contribution in [0.1, 0.15) is 34.6 Å². The van der Waals surface area contributed by atoms with Crippen molar-refractivity contribution in [2.75, 3.05) is 19.6 Å². The van der Waals surface area contributed by atoms with E-state index in [2.05, 4.69) is 10.6 Å². The zero-order valence-corrected chi connectivity index (χ0v) is 12.8. The number of nitrogens with one attached hydrogen (secondary N) is 2. The normalized spacial score (nSPS) is 11.1. The van der Waals surface area contributed by atoms with Crippen molar-refractivity contribution in [1.29, 1.82) is 0 Å². The molecule has 0 saturated heterocycles. The third-order valence-electron chi connectivity index (χ3n) is 2.87. The molecule has 0 aliphatic heterocycles. The standard InChI is InChI=1S/C13H25N3O4/c1-6-16(13(4,5)11(18)19)12(20)15-8-10(17)14-7-9(2)3/h9H,6-8H2,1-5H3,(H,14,17)(H,15,20)(H,18,19). The molecule has 0 saturated carbocycles. The summed E-state index contributed by atoms with van der Waals surface area (Å²) in [6, 6.07) is -0.570. The fourth-order valence-corrected chi connectivity index (χ4v) is 1.54. The van der Waals surface area contributed by atoms with Crippen molar-refractivity contribution in [3.63, 3.8) is 0 Å². The molecular formula is C13H25N3O4. The van der Waals surface area contributed by atoms with E-state index in [9.17, 15) is 14.4 Å². The molecule has 0 bridgehead atoms. The molecule has 7 nitrogen and oxygen atoms in total. The van der Waals surface area contributed by atoms with E-state index >= 15 is 0 Å². The molecule has 0 unspecified atom stereocenters. The van der Waals surface area contributed by atoms with Crippen LogP contribution in [0.15, 0.2) is 0 Å². The number of carbonyl (C=O) groups is 3. The van der Waals surface area contributed by atoms with E-state index in [0.29, 0.717) is 12.5 Å². The average molecular weight is 287 g/mol. The van der Waals surface area contributed by atoms with Crippen molar-refractivity contribution < 1.29 is 19.5 Å². The molecule has 0 spiro atoms. The first-order valence-electron chi connectivity index (χ1n) is 6.68. The number of carbonyl (C=O) groups excluding carboxylic acids is 2. The molecule has 0 fully saturated rings. The van der Waals surface area contributed by atoms with Crippen LogP contribution in [0.4, 0.5) is 4.79 Å². The van der Waals surface area contributed by atoms with Gasteiger partial charge in [-0.15, -0.1) is 0 Å². The number of amides is 3. The third-order valence-corrected chi connectivity index (χ3v) is 2.87. The monoisotopic (exact) mass is 287 g/mol. The van der Waals surface area contributed by atoms with Crippen LogP contribution < -0.4 is 10.6 Å². The number of rotatable bonds is 7. The minimum atomic E-state index is -1.33. The molecule has 0 aromatic carbocycles. The van der Waals surface area contributed by atoms with E-state index in [4.69, 9.17) is 5.11 Å². The molecule has 0 heterocycles. The molecule has 0 aliphatic rings. The summed E-state index contributed by atoms with van der Waals surface area (Å²) in [5, 5.41) is 14.2. The Balaban J connectivity index is 4.44. The lowest BCUT2D eigenvalue weighted by Crippen LogP contribution is -2.57. The van der Waals surface area contributed by atoms with Gasteiger partial charge in [0.05, 0.1) is 6.54 Å². The second kappa shape index (κ2) is 7.72. The number of nitrogens with zero attached hydrogens (tertiary/aromatic N) is 1. The Morgan fingerprint density at radius 3 is 2.15 bits per heavy atom. The van der Waals surface area contributed by atoms with E-state index in [-0.39, 0.29) is 19.0 Å². The van der Waals surface area contributed by atoms with Crippen LogP contribution in [-0.4, -0.2) is 53.1 Å². The minimum Gasteiger partial charge on any atom is -0.480 e. The van der Waals surface area contributed by atoms with E-state index in [0.717, 1.165) is 0 Å². The molecule has 0 atom stereocenters. The van der Waals surface area contributed by atoms with Crippen molar-refractivity contribution in [1.82, 2.24) is 15.5 Å². The molecule has 20 heavy (non-hydrogen) atoms. The van der Waals surface area contributed by atoms with Gasteiger partial charge in [-0.2, -0.15) is 0 Å². The van der Waals surface area contributed by atoms with Gasteiger partial charge in [0.25, 0.3) is 0 Å². The van der Waals surface area contributed by atoms with Crippen molar-refractivity contribution in [3.05, 3.63) is 0 Å². The highest BCUT2D eigenvalue weighted by atomic mass is 16.4. The Morgan fingerprint density at radius 1 is 1.20 bits per heavy atom. The van der Waals surface area contributed by atoms with Gasteiger partial charge in [0.1, 0.15) is 5.54 Å². The van der Waals surface area contributed by atoms with Gasteiger partial charge in [-0.25, -0.2) is 9.59 Å². The van der Waals surface area contributed by atoms with Crippen LogP contribution in [-0.2, 0) is 9.59 Å². The van der Waals surface area contributed by atoms with Crippen LogP contribution in [0.25, 0.3) is 0 Å². The summed E-state index contributed by atoms with van der Waals surface area (Å²) in [7, 11) is 0. The smallest absolute Gasteiger partial charge is 0.329 e. The maximum Gasteiger partial charge on any atom is 0.329 e. The molecule has 0 radical (unpaired) electrons. The lowest BCUT2D eigenvalue weighted by atomic mass is 10.0. The maximum absolute atomic E-state index is 11.9. The van der Waals surface area contributed by atoms with Crippen molar-refractivity contribution >= 4 is 17.9 Å². The van der Waals surface area contributed by atoms with Crippen LogP contribution in [0, 0.1) is 5.92 Å². The van der Waals surface area contributed by atoms with Crippen molar-refractivity contribution in [2.45, 2.75) is 40.2 Å². The zero-order valence-electron chi connectivity index (χ0n) is 12.8. The summed E-state index contributed by atoms with van der Waals surface area (Å²) in [6.07, 6.45) is 0. The van der Waals surface area contributed by atoms with Crippen LogP contribution in [0.2, 0.25) is 0 Å². The molecule has 7 heteroatoms. The van der Waals surface area contributed by atoms with E-state index < -0.39 is 17.5 Å². The molecule has 3 amide bonds. The van der Waals surface area contributed by atoms with Crippen molar-refractivity contribution in [3.8, 4) is 0 Å². The first-order chi connectivity index (χ1) is 9.12. The number of aliphatic carboxylic acids is 1. The van der Waals surface area contributed by atoms with E-state index in [1.807, 2.05) is 13.8 Å². The largest absolute Gasteiger partial charge is 0.480 e. The summed E-state index contributed by atoms with van der Waals surface area (Å²) >= 11 is 0. The van der Waals surface area contributed by atoms with Crippen LogP contribution in [0.3, 0.4) is 0 Å². The van der Waals surface area contributed by atoms with Gasteiger partial charge in [-0.1, -0.05) is 13.8 Å². The summed E-state index contributed by atoms with van der Waals surface area (Å²) in [4.78, 5) is 35.7. The quantitative estimate of drug-likeness (QED) is 0.640. The highest BCUT2D eigenvalue weighted by molar-refractivity contribution is 5.88. The van der Waals surface area contributed by atoms with Gasteiger partial charge in [0.15, 0.2) is 0 Å². The highest BCUT2D eigenvalue weighted by Crippen LogP contribution is 2.14. The van der Waals surface area contributed by atoms with Gasteiger partial charge in [0.2, 0.25) is 5.91 Å². The SMILES string of the molecule is CCN(C(=O)NCC(=O)NCC(C)C)C(C)(C)C(=O)O. The maximum atomic E-state index is 11.9. The Bertz CT molecular complexity index is 367. The fraction of sp³-hybridized carbons (Fsp3) is 0.769. The minimum absolute atomic E-state index is 0.169. The predicted molar refractivity (Wildman–Crippen MR) is 75.3 cm³/mol. The van der Waals surface area contributed by atoms with Gasteiger partial charge in [-0.3, -0.25) is 4.79 Å². The Hall–Kier alpha value is -1.79.